The van der Waals surface area contributed by atoms with Gasteiger partial charge in [0.25, 0.3) is 0 Å². The number of hydrogen-bond acceptors (Lipinski definition) is 4. The number of nitrogens with zero attached hydrogens (tertiary/aromatic N) is 4. The Morgan fingerprint density at radius 2 is 2.24 bits per heavy atom. The van der Waals surface area contributed by atoms with Gasteiger partial charge in [-0.2, -0.15) is 0 Å². The van der Waals surface area contributed by atoms with Crippen LogP contribution in [0.5, 0.6) is 0 Å². The van der Waals surface area contributed by atoms with E-state index in [1.165, 1.54) is 0 Å². The van der Waals surface area contributed by atoms with Crippen LogP contribution in [0.3, 0.4) is 0 Å². The summed E-state index contributed by atoms with van der Waals surface area (Å²) in [6.07, 6.45) is 3.30. The first kappa shape index (κ1) is 18.0. The monoisotopic (exact) mass is 365 g/mol. The third kappa shape index (κ3) is 4.42. The number of carbonyl (C=O) groups is 1. The number of aliphatic hydroxyl groups excluding tert-OH is 1. The normalized spacial score (nSPS) is 20.0. The lowest BCUT2D eigenvalue weighted by Crippen LogP contribution is -2.56. The number of fused-ring (bicyclic) bond motifs is 1. The molecule has 0 unspecified atom stereocenters. The minimum absolute atomic E-state index is 0.0846. The minimum Gasteiger partial charge on any atom is -0.392 e. The highest BCUT2D eigenvalue weighted by Crippen LogP contribution is 2.13. The Kier molecular flexibility index (Phi) is 5.46. The molecule has 0 aromatic carbocycles. The molecule has 8 heteroatoms. The summed E-state index contributed by atoms with van der Waals surface area (Å²) in [6.45, 7) is 6.96. The van der Waals surface area contributed by atoms with Gasteiger partial charge in [-0.05, 0) is 26.0 Å². The number of halogens is 1. The molecule has 0 radical (unpaired) electrons. The van der Waals surface area contributed by atoms with Gasteiger partial charge in [0.1, 0.15) is 5.65 Å². The van der Waals surface area contributed by atoms with E-state index in [1.807, 2.05) is 21.6 Å². The topological polar surface area (TPSA) is 73.1 Å². The van der Waals surface area contributed by atoms with Crippen molar-refractivity contribution in [3.63, 3.8) is 0 Å². The van der Waals surface area contributed by atoms with Gasteiger partial charge in [0.15, 0.2) is 0 Å². The van der Waals surface area contributed by atoms with Crippen LogP contribution >= 0.6 is 11.6 Å². The Bertz CT molecular complexity index is 748. The summed E-state index contributed by atoms with van der Waals surface area (Å²) in [5.41, 5.74) is 1.59. The summed E-state index contributed by atoms with van der Waals surface area (Å²) in [6, 6.07) is 3.78. The van der Waals surface area contributed by atoms with E-state index in [0.717, 1.165) is 17.9 Å². The fourth-order valence-corrected chi connectivity index (χ4v) is 3.34. The van der Waals surface area contributed by atoms with E-state index in [0.29, 0.717) is 31.2 Å². The largest absolute Gasteiger partial charge is 0.392 e. The second-order valence-electron chi connectivity index (χ2n) is 6.64. The molecule has 0 spiro atoms. The van der Waals surface area contributed by atoms with Crippen molar-refractivity contribution in [1.29, 1.82) is 0 Å². The Morgan fingerprint density at radius 3 is 2.96 bits per heavy atom. The molecule has 1 aliphatic heterocycles. The summed E-state index contributed by atoms with van der Waals surface area (Å²) in [5.74, 6) is 0. The second-order valence-corrected chi connectivity index (χ2v) is 7.08. The molecule has 1 fully saturated rings. The molecule has 3 heterocycles. The highest BCUT2D eigenvalue weighted by Gasteiger charge is 2.27. The second kappa shape index (κ2) is 7.59. The maximum atomic E-state index is 12.4. The number of amides is 2. The molecule has 3 rings (SSSR count). The number of aliphatic hydroxyl groups is 1. The molecule has 2 N–H and O–H groups in total. The fraction of sp³-hybridized carbons (Fsp3) is 0.529. The summed E-state index contributed by atoms with van der Waals surface area (Å²) in [4.78, 5) is 20.9. The number of pyridine rings is 1. The maximum Gasteiger partial charge on any atom is 0.317 e. The van der Waals surface area contributed by atoms with Gasteiger partial charge >= 0.3 is 6.03 Å². The van der Waals surface area contributed by atoms with E-state index in [-0.39, 0.29) is 18.2 Å². The van der Waals surface area contributed by atoms with Crippen LogP contribution in [0, 0.1) is 0 Å². The molecule has 0 saturated carbocycles. The number of piperazine rings is 1. The van der Waals surface area contributed by atoms with Gasteiger partial charge in [-0.1, -0.05) is 11.6 Å². The molecule has 1 aliphatic rings. The standard InChI is InChI=1S/C17H24ClN5O2/c1-12-8-22(6-5-21(12)9-13(2)24)17(25)19-7-15-11-23-10-14(18)3-4-16(23)20-15/h3-4,10-13,24H,5-9H2,1-2H3,(H,19,25)/t12-,13+/m0/s1. The zero-order valence-electron chi connectivity index (χ0n) is 14.5. The van der Waals surface area contributed by atoms with Crippen molar-refractivity contribution < 1.29 is 9.90 Å². The SMILES string of the molecule is C[C@@H](O)CN1CCN(C(=O)NCc2cn3cc(Cl)ccc3n2)C[C@@H]1C. The number of nitrogens with one attached hydrogen (secondary N) is 1. The fourth-order valence-electron chi connectivity index (χ4n) is 3.17. The molecule has 0 bridgehead atoms. The molecule has 0 aliphatic carbocycles. The van der Waals surface area contributed by atoms with Crippen LogP contribution in [0.1, 0.15) is 19.5 Å². The van der Waals surface area contributed by atoms with Crippen LogP contribution in [0.25, 0.3) is 5.65 Å². The van der Waals surface area contributed by atoms with Gasteiger partial charge in [0.2, 0.25) is 0 Å². The van der Waals surface area contributed by atoms with Crippen molar-refractivity contribution in [3.05, 3.63) is 35.2 Å². The van der Waals surface area contributed by atoms with E-state index in [1.54, 1.807) is 19.2 Å². The molecular formula is C17H24ClN5O2. The first-order valence-electron chi connectivity index (χ1n) is 8.50. The zero-order valence-corrected chi connectivity index (χ0v) is 15.3. The van der Waals surface area contributed by atoms with Crippen molar-refractivity contribution in [2.75, 3.05) is 26.2 Å². The summed E-state index contributed by atoms with van der Waals surface area (Å²) >= 11 is 5.97. The molecule has 2 aromatic heterocycles. The maximum absolute atomic E-state index is 12.4. The predicted octanol–water partition coefficient (Wildman–Crippen LogP) is 1.58. The Labute approximate surface area is 152 Å². The summed E-state index contributed by atoms with van der Waals surface area (Å²) < 4.78 is 1.85. The molecule has 2 aromatic rings. The smallest absolute Gasteiger partial charge is 0.317 e. The number of hydrogen-bond donors (Lipinski definition) is 2. The summed E-state index contributed by atoms with van der Waals surface area (Å²) in [7, 11) is 0. The summed E-state index contributed by atoms with van der Waals surface area (Å²) in [5, 5.41) is 13.1. The molecule has 2 atom stereocenters. The quantitative estimate of drug-likeness (QED) is 0.862. The molecule has 1 saturated heterocycles. The molecular weight excluding hydrogens is 342 g/mol. The van der Waals surface area contributed by atoms with Crippen LogP contribution in [-0.2, 0) is 6.54 Å². The van der Waals surface area contributed by atoms with Crippen LogP contribution < -0.4 is 5.32 Å². The molecule has 136 valence electrons. The Balaban J connectivity index is 1.53. The lowest BCUT2D eigenvalue weighted by molar-refractivity contribution is 0.0566. The van der Waals surface area contributed by atoms with Crippen LogP contribution in [0.15, 0.2) is 24.5 Å². The third-order valence-electron chi connectivity index (χ3n) is 4.44. The number of aromatic nitrogens is 2. The van der Waals surface area contributed by atoms with Crippen molar-refractivity contribution in [3.8, 4) is 0 Å². The molecule has 7 nitrogen and oxygen atoms in total. The van der Waals surface area contributed by atoms with Crippen molar-refractivity contribution in [1.82, 2.24) is 24.5 Å². The van der Waals surface area contributed by atoms with E-state index in [9.17, 15) is 9.90 Å². The average molecular weight is 366 g/mol. The van der Waals surface area contributed by atoms with Gasteiger partial charge in [-0.25, -0.2) is 9.78 Å². The Hall–Kier alpha value is -1.83. The van der Waals surface area contributed by atoms with Crippen LogP contribution in [0.2, 0.25) is 5.02 Å². The number of imidazole rings is 1. The molecule has 2 amide bonds. The first-order chi connectivity index (χ1) is 11.9. The highest BCUT2D eigenvalue weighted by atomic mass is 35.5. The zero-order chi connectivity index (χ0) is 18.0. The molecule has 25 heavy (non-hydrogen) atoms. The van der Waals surface area contributed by atoms with E-state index in [2.05, 4.69) is 22.1 Å². The van der Waals surface area contributed by atoms with Crippen LogP contribution in [-0.4, -0.2) is 68.6 Å². The van der Waals surface area contributed by atoms with Gasteiger partial charge in [0, 0.05) is 44.6 Å². The number of urea groups is 1. The predicted molar refractivity (Wildman–Crippen MR) is 96.7 cm³/mol. The lowest BCUT2D eigenvalue weighted by atomic mass is 10.2. The van der Waals surface area contributed by atoms with Gasteiger partial charge < -0.3 is 19.7 Å². The van der Waals surface area contributed by atoms with E-state index < -0.39 is 0 Å². The van der Waals surface area contributed by atoms with Crippen LogP contribution in [0.4, 0.5) is 4.79 Å². The van der Waals surface area contributed by atoms with E-state index in [4.69, 9.17) is 11.6 Å². The van der Waals surface area contributed by atoms with Crippen molar-refractivity contribution >= 4 is 23.3 Å². The average Bonchev–Trinajstić information content (AvgIpc) is 2.96. The van der Waals surface area contributed by atoms with Gasteiger partial charge in [0.05, 0.1) is 23.4 Å². The van der Waals surface area contributed by atoms with Gasteiger partial charge in [-0.3, -0.25) is 4.90 Å². The van der Waals surface area contributed by atoms with E-state index >= 15 is 0 Å². The van der Waals surface area contributed by atoms with Gasteiger partial charge in [-0.15, -0.1) is 0 Å². The van der Waals surface area contributed by atoms with Crippen molar-refractivity contribution in [2.45, 2.75) is 32.5 Å². The van der Waals surface area contributed by atoms with Crippen molar-refractivity contribution in [2.24, 2.45) is 0 Å². The number of β-amino-alcohol motifs (C(OH)–C–C–N with tert-alkyl or cyclic N) is 1. The third-order valence-corrected chi connectivity index (χ3v) is 4.66. The Morgan fingerprint density at radius 1 is 1.44 bits per heavy atom. The lowest BCUT2D eigenvalue weighted by Gasteiger charge is -2.40. The highest BCUT2D eigenvalue weighted by molar-refractivity contribution is 6.30. The minimum atomic E-state index is -0.355. The first-order valence-corrected chi connectivity index (χ1v) is 8.88. The number of carbonyl (C=O) groups excluding carboxylic acids is 1. The number of rotatable bonds is 4.